The lowest BCUT2D eigenvalue weighted by molar-refractivity contribution is -0.144. The predicted molar refractivity (Wildman–Crippen MR) is 173 cm³/mol. The lowest BCUT2D eigenvalue weighted by Gasteiger charge is -2.38. The number of carbonyl (C=O) groups is 3. The van der Waals surface area contributed by atoms with Gasteiger partial charge in [-0.3, -0.25) is 14.4 Å². The van der Waals surface area contributed by atoms with Gasteiger partial charge >= 0.3 is 0 Å². The molecule has 3 aliphatic heterocycles. The van der Waals surface area contributed by atoms with E-state index in [-0.39, 0.29) is 36.1 Å². The van der Waals surface area contributed by atoms with Crippen molar-refractivity contribution in [1.82, 2.24) is 9.80 Å². The van der Waals surface area contributed by atoms with Crippen molar-refractivity contribution < 1.29 is 19.5 Å². The molecule has 2 aromatic rings. The quantitative estimate of drug-likeness (QED) is 0.228. The molecule has 7 nitrogen and oxygen atoms in total. The van der Waals surface area contributed by atoms with Gasteiger partial charge in [0.2, 0.25) is 11.8 Å². The van der Waals surface area contributed by atoms with E-state index in [0.717, 1.165) is 18.4 Å². The van der Waals surface area contributed by atoms with Gasteiger partial charge in [-0.15, -0.1) is 24.9 Å². The molecule has 0 aliphatic carbocycles. The zero-order chi connectivity index (χ0) is 30.6. The molecule has 2 aromatic carbocycles. The summed E-state index contributed by atoms with van der Waals surface area (Å²) in [7, 11) is 0. The third kappa shape index (κ3) is 5.89. The Balaban J connectivity index is 1.51. The molecule has 0 radical (unpaired) electrons. The molecule has 43 heavy (non-hydrogen) atoms. The van der Waals surface area contributed by atoms with Crippen LogP contribution in [0, 0.1) is 11.8 Å². The van der Waals surface area contributed by atoms with Gasteiger partial charge in [0, 0.05) is 38.0 Å². The molecule has 5 atom stereocenters. The number of thioether (sulfide) groups is 1. The fourth-order valence-electron chi connectivity index (χ4n) is 7.18. The van der Waals surface area contributed by atoms with E-state index in [1.54, 1.807) is 44.7 Å². The molecule has 3 heterocycles. The first-order chi connectivity index (χ1) is 20.9. The Hall–Kier alpha value is -3.07. The molecule has 3 fully saturated rings. The van der Waals surface area contributed by atoms with E-state index in [2.05, 4.69) is 13.2 Å². The number of anilines is 1. The van der Waals surface area contributed by atoms with Crippen LogP contribution in [0.1, 0.15) is 37.7 Å². The molecule has 0 saturated carbocycles. The summed E-state index contributed by atoms with van der Waals surface area (Å²) < 4.78 is -0.705. The number of halogens is 1. The Morgan fingerprint density at radius 1 is 1.02 bits per heavy atom. The molecule has 3 amide bonds. The molecule has 228 valence electrons. The van der Waals surface area contributed by atoms with Crippen molar-refractivity contribution in [3.05, 3.63) is 90.5 Å². The minimum Gasteiger partial charge on any atom is -0.396 e. The van der Waals surface area contributed by atoms with Crippen molar-refractivity contribution in [2.75, 3.05) is 31.1 Å². The zero-order valence-corrected chi connectivity index (χ0v) is 26.0. The monoisotopic (exact) mass is 621 g/mol. The number of amides is 3. The number of rotatable bonds is 14. The van der Waals surface area contributed by atoms with E-state index in [1.807, 2.05) is 48.5 Å². The van der Waals surface area contributed by atoms with Crippen LogP contribution >= 0.6 is 23.4 Å². The molecule has 3 aliphatic rings. The fraction of sp³-hybridized carbons (Fsp3) is 0.441. The number of nitrogens with zero attached hydrogens (tertiary/aromatic N) is 3. The lowest BCUT2D eigenvalue weighted by Crippen LogP contribution is -2.55. The standard InChI is InChI=1S/C34H40ClN3O4S/c1-3-19-36(23-24-13-7-5-8-14-24)31(40)28-27-17-18-34(43-27)29(28)32(41)38(21-11-6-12-22-39)30(34)33(42)37(20-4-2)26-16-10-9-15-25(26)35/h3-5,7-10,13-16,27-30,39H,1-2,6,11-12,17-23H2/t27-,28+,29-,30?,34?/m0/s1. The number of para-hydroxylation sites is 1. The van der Waals surface area contributed by atoms with Gasteiger partial charge in [0.1, 0.15) is 6.04 Å². The van der Waals surface area contributed by atoms with Gasteiger partial charge in [-0.1, -0.05) is 66.2 Å². The number of unbranched alkanes of at least 4 members (excludes halogenated alkanes) is 2. The van der Waals surface area contributed by atoms with E-state index in [1.165, 1.54) is 0 Å². The Morgan fingerprint density at radius 2 is 1.74 bits per heavy atom. The lowest BCUT2D eigenvalue weighted by atomic mass is 9.70. The van der Waals surface area contributed by atoms with Crippen LogP contribution in [0.2, 0.25) is 5.02 Å². The fourth-order valence-corrected chi connectivity index (χ4v) is 9.63. The average Bonchev–Trinajstić information content (AvgIpc) is 3.65. The summed E-state index contributed by atoms with van der Waals surface area (Å²) >= 11 is 8.25. The van der Waals surface area contributed by atoms with Crippen LogP contribution in [-0.2, 0) is 20.9 Å². The molecule has 1 spiro atoms. The molecule has 1 N–H and O–H groups in total. The minimum atomic E-state index is -0.731. The summed E-state index contributed by atoms with van der Waals surface area (Å²) in [6.45, 7) is 9.29. The first-order valence-corrected chi connectivity index (χ1v) is 16.3. The van der Waals surface area contributed by atoms with Gasteiger partial charge in [0.25, 0.3) is 5.91 Å². The minimum absolute atomic E-state index is 0.0375. The summed E-state index contributed by atoms with van der Waals surface area (Å²) in [4.78, 5) is 48.6. The zero-order valence-electron chi connectivity index (χ0n) is 24.4. The highest BCUT2D eigenvalue weighted by Crippen LogP contribution is 2.66. The number of aliphatic hydroxyl groups excluding tert-OH is 1. The normalized spacial score (nSPS) is 25.4. The number of hydrogen-bond donors (Lipinski definition) is 1. The van der Waals surface area contributed by atoms with Crippen molar-refractivity contribution in [3.63, 3.8) is 0 Å². The first-order valence-electron chi connectivity index (χ1n) is 15.1. The number of hydrogen-bond acceptors (Lipinski definition) is 5. The van der Waals surface area contributed by atoms with Crippen LogP contribution in [0.5, 0.6) is 0 Å². The highest BCUT2D eigenvalue weighted by molar-refractivity contribution is 8.02. The van der Waals surface area contributed by atoms with E-state index in [9.17, 15) is 19.5 Å². The molecular formula is C34H40ClN3O4S. The smallest absolute Gasteiger partial charge is 0.251 e. The van der Waals surface area contributed by atoms with E-state index in [4.69, 9.17) is 11.6 Å². The summed E-state index contributed by atoms with van der Waals surface area (Å²) in [6.07, 6.45) is 6.89. The second-order valence-corrected chi connectivity index (χ2v) is 13.6. The highest BCUT2D eigenvalue weighted by Gasteiger charge is 2.74. The van der Waals surface area contributed by atoms with Gasteiger partial charge in [0.05, 0.1) is 27.3 Å². The number of benzene rings is 2. The molecule has 2 unspecified atom stereocenters. The van der Waals surface area contributed by atoms with E-state index in [0.29, 0.717) is 49.6 Å². The number of likely N-dealkylation sites (tertiary alicyclic amines) is 1. The van der Waals surface area contributed by atoms with Crippen LogP contribution in [0.25, 0.3) is 0 Å². The molecule has 9 heteroatoms. The molecule has 0 aromatic heterocycles. The Morgan fingerprint density at radius 3 is 2.44 bits per heavy atom. The van der Waals surface area contributed by atoms with Crippen LogP contribution < -0.4 is 4.90 Å². The van der Waals surface area contributed by atoms with Crippen molar-refractivity contribution in [2.24, 2.45) is 11.8 Å². The Kier molecular flexibility index (Phi) is 9.99. The van der Waals surface area contributed by atoms with Crippen molar-refractivity contribution in [2.45, 2.75) is 54.7 Å². The molecular weight excluding hydrogens is 582 g/mol. The second-order valence-electron chi connectivity index (χ2n) is 11.6. The van der Waals surface area contributed by atoms with Crippen molar-refractivity contribution in [1.29, 1.82) is 0 Å². The van der Waals surface area contributed by atoms with Gasteiger partial charge in [-0.2, -0.15) is 0 Å². The maximum Gasteiger partial charge on any atom is 0.251 e. The molecule has 2 bridgehead atoms. The first kappa shape index (κ1) is 31.4. The van der Waals surface area contributed by atoms with Crippen molar-refractivity contribution >= 4 is 46.8 Å². The predicted octanol–water partition coefficient (Wildman–Crippen LogP) is 5.33. The largest absolute Gasteiger partial charge is 0.396 e. The van der Waals surface area contributed by atoms with Gasteiger partial charge < -0.3 is 19.8 Å². The topological polar surface area (TPSA) is 81.2 Å². The third-order valence-electron chi connectivity index (χ3n) is 8.97. The highest BCUT2D eigenvalue weighted by atomic mass is 35.5. The summed E-state index contributed by atoms with van der Waals surface area (Å²) in [6, 6.07) is 16.3. The van der Waals surface area contributed by atoms with Gasteiger partial charge in [-0.05, 0) is 49.8 Å². The van der Waals surface area contributed by atoms with Crippen LogP contribution in [0.3, 0.4) is 0 Å². The van der Waals surface area contributed by atoms with Gasteiger partial charge in [0.15, 0.2) is 0 Å². The van der Waals surface area contributed by atoms with Crippen molar-refractivity contribution in [3.8, 4) is 0 Å². The maximum atomic E-state index is 14.7. The van der Waals surface area contributed by atoms with Crippen LogP contribution in [0.4, 0.5) is 5.69 Å². The van der Waals surface area contributed by atoms with E-state index < -0.39 is 22.6 Å². The van der Waals surface area contributed by atoms with E-state index >= 15 is 0 Å². The third-order valence-corrected chi connectivity index (χ3v) is 11.2. The number of aliphatic hydroxyl groups is 1. The van der Waals surface area contributed by atoms with Gasteiger partial charge in [-0.25, -0.2) is 0 Å². The summed E-state index contributed by atoms with van der Waals surface area (Å²) in [5.74, 6) is -1.47. The summed E-state index contributed by atoms with van der Waals surface area (Å²) in [5.41, 5.74) is 1.59. The number of carbonyl (C=O) groups excluding carboxylic acids is 3. The molecule has 3 saturated heterocycles. The Labute approximate surface area is 263 Å². The SMILES string of the molecule is C=CCN(Cc1ccccc1)C(=O)[C@@H]1[C@@H]2CCC3(S2)C(C(=O)N(CC=C)c2ccccc2Cl)N(CCCCCO)C(=O)[C@H]13. The molecule has 5 rings (SSSR count). The maximum absolute atomic E-state index is 14.7. The van der Waals surface area contributed by atoms with Crippen LogP contribution in [0.15, 0.2) is 79.9 Å². The average molecular weight is 622 g/mol. The Bertz CT molecular complexity index is 1360. The summed E-state index contributed by atoms with van der Waals surface area (Å²) in [5, 5.41) is 9.74. The number of fused-ring (bicyclic) bond motifs is 1. The van der Waals surface area contributed by atoms with Crippen LogP contribution in [-0.4, -0.2) is 74.9 Å². The second kappa shape index (κ2) is 13.7.